The molecule has 0 heterocycles. The van der Waals surface area contributed by atoms with Gasteiger partial charge in [0, 0.05) is 5.56 Å². The standard InChI is InChI=1S/C19H28O4/c1-12(8-7-9-17(20)21)10-11-16-15(4)18(22-5)13(2)14(3)19(16)23-6/h7-8,12H,9-11H2,1-6H3,(H,20,21). The average Bonchev–Trinajstić information content (AvgIpc) is 2.49. The molecule has 0 radical (unpaired) electrons. The van der Waals surface area contributed by atoms with Crippen molar-refractivity contribution in [1.82, 2.24) is 0 Å². The van der Waals surface area contributed by atoms with Crippen molar-refractivity contribution in [2.24, 2.45) is 5.92 Å². The number of carboxylic acid groups (broad SMARTS) is 1. The molecule has 0 aromatic heterocycles. The Morgan fingerprint density at radius 1 is 1.09 bits per heavy atom. The van der Waals surface area contributed by atoms with E-state index in [2.05, 4.69) is 20.8 Å². The molecule has 0 aliphatic heterocycles. The van der Waals surface area contributed by atoms with Crippen LogP contribution in [0.15, 0.2) is 12.2 Å². The van der Waals surface area contributed by atoms with Crippen LogP contribution in [0.1, 0.15) is 42.0 Å². The lowest BCUT2D eigenvalue weighted by atomic mass is 9.92. The minimum atomic E-state index is -0.801. The molecule has 1 rings (SSSR count). The van der Waals surface area contributed by atoms with Crippen LogP contribution in [-0.4, -0.2) is 25.3 Å². The smallest absolute Gasteiger partial charge is 0.307 e. The van der Waals surface area contributed by atoms with Gasteiger partial charge in [-0.25, -0.2) is 0 Å². The van der Waals surface area contributed by atoms with Gasteiger partial charge in [-0.05, 0) is 56.2 Å². The first-order valence-electron chi connectivity index (χ1n) is 7.92. The van der Waals surface area contributed by atoms with Gasteiger partial charge in [-0.3, -0.25) is 4.79 Å². The molecule has 0 saturated heterocycles. The van der Waals surface area contributed by atoms with E-state index in [1.54, 1.807) is 20.3 Å². The van der Waals surface area contributed by atoms with E-state index in [-0.39, 0.29) is 6.42 Å². The molecule has 0 aliphatic rings. The fourth-order valence-corrected chi connectivity index (χ4v) is 2.91. The van der Waals surface area contributed by atoms with Crippen molar-refractivity contribution in [3.05, 3.63) is 34.4 Å². The summed E-state index contributed by atoms with van der Waals surface area (Å²) in [6.45, 7) is 8.26. The van der Waals surface area contributed by atoms with Gasteiger partial charge in [0.05, 0.1) is 20.6 Å². The number of ether oxygens (including phenoxy) is 2. The molecule has 1 aromatic carbocycles. The number of carboxylic acids is 1. The highest BCUT2D eigenvalue weighted by Crippen LogP contribution is 2.38. The van der Waals surface area contributed by atoms with Crippen molar-refractivity contribution in [2.75, 3.05) is 14.2 Å². The average molecular weight is 320 g/mol. The summed E-state index contributed by atoms with van der Waals surface area (Å²) in [6, 6.07) is 0. The molecule has 1 unspecified atom stereocenters. The van der Waals surface area contributed by atoms with E-state index in [0.29, 0.717) is 5.92 Å². The Kier molecular flexibility index (Phi) is 7.14. The van der Waals surface area contributed by atoms with Crippen LogP contribution in [0.3, 0.4) is 0 Å². The summed E-state index contributed by atoms with van der Waals surface area (Å²) >= 11 is 0. The molecule has 4 heteroatoms. The molecule has 4 nitrogen and oxygen atoms in total. The van der Waals surface area contributed by atoms with Gasteiger partial charge < -0.3 is 14.6 Å². The van der Waals surface area contributed by atoms with E-state index in [1.165, 1.54) is 5.56 Å². The minimum absolute atomic E-state index is 0.0736. The van der Waals surface area contributed by atoms with Crippen LogP contribution >= 0.6 is 0 Å². The lowest BCUT2D eigenvalue weighted by Crippen LogP contribution is -2.05. The molecule has 0 saturated carbocycles. The van der Waals surface area contributed by atoms with Crippen molar-refractivity contribution in [3.8, 4) is 11.5 Å². The zero-order valence-electron chi connectivity index (χ0n) is 15.0. The van der Waals surface area contributed by atoms with Gasteiger partial charge in [0.2, 0.25) is 0 Å². The number of hydrogen-bond acceptors (Lipinski definition) is 3. The predicted octanol–water partition coefficient (Wildman–Crippen LogP) is 4.23. The summed E-state index contributed by atoms with van der Waals surface area (Å²) in [4.78, 5) is 10.5. The van der Waals surface area contributed by atoms with Crippen LogP contribution < -0.4 is 9.47 Å². The fraction of sp³-hybridized carbons (Fsp3) is 0.526. The third-order valence-electron chi connectivity index (χ3n) is 4.33. The molecular weight excluding hydrogens is 292 g/mol. The van der Waals surface area contributed by atoms with Crippen molar-refractivity contribution < 1.29 is 19.4 Å². The highest BCUT2D eigenvalue weighted by molar-refractivity contribution is 5.68. The molecule has 1 aromatic rings. The van der Waals surface area contributed by atoms with Crippen LogP contribution in [0.25, 0.3) is 0 Å². The second-order valence-electron chi connectivity index (χ2n) is 5.96. The lowest BCUT2D eigenvalue weighted by molar-refractivity contribution is -0.136. The maximum atomic E-state index is 10.5. The Hall–Kier alpha value is -1.97. The quantitative estimate of drug-likeness (QED) is 0.728. The van der Waals surface area contributed by atoms with Gasteiger partial charge in [-0.2, -0.15) is 0 Å². The highest BCUT2D eigenvalue weighted by atomic mass is 16.5. The van der Waals surface area contributed by atoms with Gasteiger partial charge in [-0.1, -0.05) is 19.1 Å². The number of methoxy groups -OCH3 is 2. The fourth-order valence-electron chi connectivity index (χ4n) is 2.91. The molecular formula is C19H28O4. The first-order valence-corrected chi connectivity index (χ1v) is 7.92. The van der Waals surface area contributed by atoms with E-state index in [4.69, 9.17) is 14.6 Å². The Morgan fingerprint density at radius 2 is 1.65 bits per heavy atom. The summed E-state index contributed by atoms with van der Waals surface area (Å²) in [5.74, 6) is 1.37. The number of hydrogen-bond donors (Lipinski definition) is 1. The van der Waals surface area contributed by atoms with Gasteiger partial charge in [0.25, 0.3) is 0 Å². The topological polar surface area (TPSA) is 55.8 Å². The van der Waals surface area contributed by atoms with E-state index < -0.39 is 5.97 Å². The van der Waals surface area contributed by atoms with Crippen LogP contribution in [0.5, 0.6) is 11.5 Å². The second-order valence-corrected chi connectivity index (χ2v) is 5.96. The summed E-state index contributed by atoms with van der Waals surface area (Å²) in [5, 5.41) is 8.67. The maximum Gasteiger partial charge on any atom is 0.307 e. The van der Waals surface area contributed by atoms with E-state index in [9.17, 15) is 4.79 Å². The minimum Gasteiger partial charge on any atom is -0.496 e. The van der Waals surface area contributed by atoms with E-state index in [0.717, 1.165) is 41.0 Å². The molecule has 23 heavy (non-hydrogen) atoms. The Bertz CT molecular complexity index is 588. The molecule has 128 valence electrons. The molecule has 1 atom stereocenters. The zero-order chi connectivity index (χ0) is 17.6. The van der Waals surface area contributed by atoms with Crippen LogP contribution in [0.4, 0.5) is 0 Å². The van der Waals surface area contributed by atoms with Gasteiger partial charge in [0.1, 0.15) is 11.5 Å². The summed E-state index contributed by atoms with van der Waals surface area (Å²) in [7, 11) is 3.40. The van der Waals surface area contributed by atoms with Crippen LogP contribution in [0, 0.1) is 26.7 Å². The monoisotopic (exact) mass is 320 g/mol. The normalized spacial score (nSPS) is 12.4. The zero-order valence-corrected chi connectivity index (χ0v) is 15.0. The SMILES string of the molecule is COc1c(C)c(C)c(OC)c(CCC(C)C=CCC(=O)O)c1C. The first-order chi connectivity index (χ1) is 10.8. The first kappa shape index (κ1) is 19.1. The number of rotatable bonds is 8. The molecule has 1 N–H and O–H groups in total. The van der Waals surface area contributed by atoms with Crippen LogP contribution in [-0.2, 0) is 11.2 Å². The molecule has 0 fully saturated rings. The summed E-state index contributed by atoms with van der Waals surface area (Å²) in [5.41, 5.74) is 4.51. The number of aliphatic carboxylic acids is 1. The number of carbonyl (C=O) groups is 1. The maximum absolute atomic E-state index is 10.5. The summed E-state index contributed by atoms with van der Waals surface area (Å²) < 4.78 is 11.2. The van der Waals surface area contributed by atoms with E-state index in [1.807, 2.05) is 13.0 Å². The number of allylic oxidation sites excluding steroid dienone is 1. The molecule has 0 aliphatic carbocycles. The third kappa shape index (κ3) is 4.75. The largest absolute Gasteiger partial charge is 0.496 e. The van der Waals surface area contributed by atoms with E-state index >= 15 is 0 Å². The molecule has 0 spiro atoms. The third-order valence-corrected chi connectivity index (χ3v) is 4.33. The number of benzene rings is 1. The Labute approximate surface area is 139 Å². The van der Waals surface area contributed by atoms with Crippen molar-refractivity contribution in [1.29, 1.82) is 0 Å². The van der Waals surface area contributed by atoms with Crippen molar-refractivity contribution in [3.63, 3.8) is 0 Å². The Balaban J connectivity index is 2.97. The van der Waals surface area contributed by atoms with Crippen molar-refractivity contribution >= 4 is 5.97 Å². The summed E-state index contributed by atoms with van der Waals surface area (Å²) in [6.07, 6.45) is 5.56. The molecule has 0 amide bonds. The predicted molar refractivity (Wildman–Crippen MR) is 92.6 cm³/mol. The van der Waals surface area contributed by atoms with Gasteiger partial charge in [0.15, 0.2) is 0 Å². The van der Waals surface area contributed by atoms with Gasteiger partial charge in [-0.15, -0.1) is 0 Å². The second kappa shape index (κ2) is 8.61. The lowest BCUT2D eigenvalue weighted by Gasteiger charge is -2.21. The molecule has 0 bridgehead atoms. The van der Waals surface area contributed by atoms with Crippen LogP contribution in [0.2, 0.25) is 0 Å². The van der Waals surface area contributed by atoms with Crippen molar-refractivity contribution in [2.45, 2.75) is 47.0 Å². The van der Waals surface area contributed by atoms with Gasteiger partial charge >= 0.3 is 5.97 Å². The Morgan fingerprint density at radius 3 is 2.17 bits per heavy atom. The highest BCUT2D eigenvalue weighted by Gasteiger charge is 2.18.